The van der Waals surface area contributed by atoms with Crippen molar-refractivity contribution in [2.75, 3.05) is 0 Å². The van der Waals surface area contributed by atoms with Crippen LogP contribution in [0.1, 0.15) is 26.3 Å². The zero-order valence-corrected chi connectivity index (χ0v) is 9.00. The minimum atomic E-state index is 0.133. The van der Waals surface area contributed by atoms with Crippen molar-refractivity contribution in [2.45, 2.75) is 26.2 Å². The van der Waals surface area contributed by atoms with Gasteiger partial charge in [-0.15, -0.1) is 0 Å². The zero-order valence-electron chi connectivity index (χ0n) is 7.49. The molecular formula is C10H12Cl2. The first-order valence-electron chi connectivity index (χ1n) is 3.87. The van der Waals surface area contributed by atoms with Gasteiger partial charge < -0.3 is 0 Å². The van der Waals surface area contributed by atoms with Gasteiger partial charge in [-0.2, -0.15) is 0 Å². The number of halogens is 2. The van der Waals surface area contributed by atoms with Gasteiger partial charge in [-0.3, -0.25) is 0 Å². The SMILES string of the molecule is CC(C)(C)c1ccc(Cl)c(Cl)c1. The van der Waals surface area contributed by atoms with E-state index in [2.05, 4.69) is 20.8 Å². The van der Waals surface area contributed by atoms with Crippen molar-refractivity contribution < 1.29 is 0 Å². The predicted molar refractivity (Wildman–Crippen MR) is 55.2 cm³/mol. The Balaban J connectivity index is 3.14. The Labute approximate surface area is 83.5 Å². The van der Waals surface area contributed by atoms with Gasteiger partial charge in [0.1, 0.15) is 0 Å². The van der Waals surface area contributed by atoms with E-state index < -0.39 is 0 Å². The normalized spacial score (nSPS) is 11.8. The molecule has 0 heterocycles. The second-order valence-electron chi connectivity index (χ2n) is 3.88. The molecular weight excluding hydrogens is 191 g/mol. The Morgan fingerprint density at radius 1 is 1.00 bits per heavy atom. The first-order valence-corrected chi connectivity index (χ1v) is 4.62. The molecule has 2 heteroatoms. The van der Waals surface area contributed by atoms with Gasteiger partial charge in [-0.05, 0) is 23.1 Å². The maximum absolute atomic E-state index is 5.89. The molecule has 0 radical (unpaired) electrons. The van der Waals surface area contributed by atoms with Gasteiger partial charge in [0.05, 0.1) is 10.0 Å². The summed E-state index contributed by atoms with van der Waals surface area (Å²) in [6.45, 7) is 6.44. The molecule has 0 nitrogen and oxygen atoms in total. The predicted octanol–water partition coefficient (Wildman–Crippen LogP) is 4.29. The van der Waals surface area contributed by atoms with Gasteiger partial charge in [0.25, 0.3) is 0 Å². The van der Waals surface area contributed by atoms with Gasteiger partial charge in [-0.25, -0.2) is 0 Å². The van der Waals surface area contributed by atoms with Gasteiger partial charge in [0.15, 0.2) is 0 Å². The third kappa shape index (κ3) is 2.15. The van der Waals surface area contributed by atoms with Crippen molar-refractivity contribution in [3.63, 3.8) is 0 Å². The quantitative estimate of drug-likeness (QED) is 0.589. The van der Waals surface area contributed by atoms with Crippen LogP contribution in [0.2, 0.25) is 10.0 Å². The van der Waals surface area contributed by atoms with Crippen LogP contribution in [-0.2, 0) is 5.41 Å². The Morgan fingerprint density at radius 3 is 2.00 bits per heavy atom. The molecule has 1 rings (SSSR count). The van der Waals surface area contributed by atoms with E-state index in [1.54, 1.807) is 0 Å². The molecule has 0 aliphatic carbocycles. The van der Waals surface area contributed by atoms with E-state index >= 15 is 0 Å². The van der Waals surface area contributed by atoms with Crippen molar-refractivity contribution in [1.82, 2.24) is 0 Å². The maximum atomic E-state index is 5.89. The van der Waals surface area contributed by atoms with E-state index in [1.807, 2.05) is 18.2 Å². The van der Waals surface area contributed by atoms with E-state index in [9.17, 15) is 0 Å². The minimum Gasteiger partial charge on any atom is -0.0827 e. The van der Waals surface area contributed by atoms with Crippen LogP contribution in [0.5, 0.6) is 0 Å². The van der Waals surface area contributed by atoms with Crippen LogP contribution >= 0.6 is 23.2 Å². The number of hydrogen-bond donors (Lipinski definition) is 0. The van der Waals surface area contributed by atoms with E-state index in [0.717, 1.165) is 0 Å². The van der Waals surface area contributed by atoms with Crippen molar-refractivity contribution in [3.8, 4) is 0 Å². The number of rotatable bonds is 0. The lowest BCUT2D eigenvalue weighted by atomic mass is 9.87. The Kier molecular flexibility index (Phi) is 2.70. The average molecular weight is 203 g/mol. The second-order valence-corrected chi connectivity index (χ2v) is 4.69. The molecule has 0 spiro atoms. The van der Waals surface area contributed by atoms with E-state index in [4.69, 9.17) is 23.2 Å². The van der Waals surface area contributed by atoms with Crippen molar-refractivity contribution in [3.05, 3.63) is 33.8 Å². The summed E-state index contributed by atoms with van der Waals surface area (Å²) >= 11 is 11.7. The highest BCUT2D eigenvalue weighted by Crippen LogP contribution is 2.29. The molecule has 0 N–H and O–H groups in total. The minimum absolute atomic E-state index is 0.133. The fraction of sp³-hybridized carbons (Fsp3) is 0.400. The molecule has 12 heavy (non-hydrogen) atoms. The lowest BCUT2D eigenvalue weighted by Crippen LogP contribution is -2.10. The monoisotopic (exact) mass is 202 g/mol. The summed E-state index contributed by atoms with van der Waals surface area (Å²) in [5, 5.41) is 1.24. The van der Waals surface area contributed by atoms with Crippen molar-refractivity contribution in [2.24, 2.45) is 0 Å². The molecule has 0 aliphatic rings. The van der Waals surface area contributed by atoms with E-state index in [-0.39, 0.29) is 5.41 Å². The first kappa shape index (κ1) is 9.88. The molecule has 0 atom stereocenters. The summed E-state index contributed by atoms with van der Waals surface area (Å²) < 4.78 is 0. The first-order chi connectivity index (χ1) is 5.41. The third-order valence-corrected chi connectivity index (χ3v) is 2.52. The summed E-state index contributed by atoms with van der Waals surface area (Å²) in [6.07, 6.45) is 0. The fourth-order valence-corrected chi connectivity index (χ4v) is 1.26. The van der Waals surface area contributed by atoms with Crippen LogP contribution in [0.15, 0.2) is 18.2 Å². The summed E-state index contributed by atoms with van der Waals surface area (Å²) in [4.78, 5) is 0. The van der Waals surface area contributed by atoms with Crippen LogP contribution in [0.25, 0.3) is 0 Å². The van der Waals surface area contributed by atoms with E-state index in [1.165, 1.54) is 5.56 Å². The number of hydrogen-bond acceptors (Lipinski definition) is 0. The molecule has 0 saturated carbocycles. The highest BCUT2D eigenvalue weighted by molar-refractivity contribution is 6.42. The Morgan fingerprint density at radius 2 is 1.58 bits per heavy atom. The van der Waals surface area contributed by atoms with Crippen LogP contribution in [-0.4, -0.2) is 0 Å². The van der Waals surface area contributed by atoms with Gasteiger partial charge >= 0.3 is 0 Å². The molecule has 1 aromatic rings. The molecule has 0 saturated heterocycles. The van der Waals surface area contributed by atoms with Gasteiger partial charge in [0.2, 0.25) is 0 Å². The fourth-order valence-electron chi connectivity index (χ4n) is 0.963. The summed E-state index contributed by atoms with van der Waals surface area (Å²) in [5.74, 6) is 0. The highest BCUT2D eigenvalue weighted by Gasteiger charge is 2.14. The van der Waals surface area contributed by atoms with E-state index in [0.29, 0.717) is 10.0 Å². The molecule has 0 aromatic heterocycles. The van der Waals surface area contributed by atoms with Gasteiger partial charge in [0, 0.05) is 0 Å². The molecule has 0 amide bonds. The van der Waals surface area contributed by atoms with Crippen molar-refractivity contribution >= 4 is 23.2 Å². The molecule has 1 aromatic carbocycles. The Bertz CT molecular complexity index is 284. The second kappa shape index (κ2) is 3.27. The molecule has 0 fully saturated rings. The standard InChI is InChI=1S/C10H12Cl2/c1-10(2,3)7-4-5-8(11)9(12)6-7/h4-6H,1-3H3. The summed E-state index contributed by atoms with van der Waals surface area (Å²) in [7, 11) is 0. The lowest BCUT2D eigenvalue weighted by molar-refractivity contribution is 0.590. The average Bonchev–Trinajstić information content (AvgIpc) is 1.92. The zero-order chi connectivity index (χ0) is 9.35. The summed E-state index contributed by atoms with van der Waals surface area (Å²) in [6, 6.07) is 5.77. The summed E-state index contributed by atoms with van der Waals surface area (Å²) in [5.41, 5.74) is 1.34. The van der Waals surface area contributed by atoms with Crippen LogP contribution in [0.4, 0.5) is 0 Å². The Hall–Kier alpha value is -0.200. The highest BCUT2D eigenvalue weighted by atomic mass is 35.5. The largest absolute Gasteiger partial charge is 0.0827 e. The molecule has 0 aliphatic heterocycles. The van der Waals surface area contributed by atoms with Crippen LogP contribution in [0, 0.1) is 0 Å². The van der Waals surface area contributed by atoms with Gasteiger partial charge in [-0.1, -0.05) is 50.0 Å². The maximum Gasteiger partial charge on any atom is 0.0595 e. The van der Waals surface area contributed by atoms with Crippen LogP contribution < -0.4 is 0 Å². The molecule has 66 valence electrons. The topological polar surface area (TPSA) is 0 Å². The number of benzene rings is 1. The molecule has 0 bridgehead atoms. The third-order valence-electron chi connectivity index (χ3n) is 1.79. The van der Waals surface area contributed by atoms with Crippen molar-refractivity contribution in [1.29, 1.82) is 0 Å². The lowest BCUT2D eigenvalue weighted by Gasteiger charge is -2.19. The molecule has 0 unspecified atom stereocenters. The smallest absolute Gasteiger partial charge is 0.0595 e. The van der Waals surface area contributed by atoms with Crippen LogP contribution in [0.3, 0.4) is 0 Å².